The van der Waals surface area contributed by atoms with Crippen molar-refractivity contribution in [2.75, 3.05) is 5.73 Å². The summed E-state index contributed by atoms with van der Waals surface area (Å²) >= 11 is 11.2. The number of benzene rings is 2. The van der Waals surface area contributed by atoms with E-state index in [-0.39, 0.29) is 4.90 Å². The maximum Gasteiger partial charge on any atom is 0.238 e. The fourth-order valence-electron chi connectivity index (χ4n) is 1.39. The molecule has 0 saturated heterocycles. The van der Waals surface area contributed by atoms with Crippen LogP contribution in [0.15, 0.2) is 47.4 Å². The Balaban J connectivity index is 0.000000204. The van der Waals surface area contributed by atoms with E-state index in [0.717, 1.165) is 0 Å². The molecule has 0 atom stereocenters. The number of nitrogen functional groups attached to an aromatic ring is 1. The lowest BCUT2D eigenvalue weighted by Crippen LogP contribution is -2.13. The van der Waals surface area contributed by atoms with Crippen LogP contribution in [0.3, 0.4) is 0 Å². The Bertz CT molecular complexity index is 703. The van der Waals surface area contributed by atoms with Gasteiger partial charge in [0.2, 0.25) is 10.0 Å². The molecular formula is C13H14Cl2N2O2S. The topological polar surface area (TPSA) is 86.2 Å². The second-order valence-electron chi connectivity index (χ2n) is 3.98. The minimum Gasteiger partial charge on any atom is -0.399 e. The monoisotopic (exact) mass is 332 g/mol. The van der Waals surface area contributed by atoms with Gasteiger partial charge in [-0.15, -0.1) is 0 Å². The van der Waals surface area contributed by atoms with E-state index in [1.807, 2.05) is 0 Å². The average molecular weight is 333 g/mol. The molecule has 108 valence electrons. The molecule has 0 heterocycles. The zero-order chi connectivity index (χ0) is 15.3. The molecule has 0 amide bonds. The highest BCUT2D eigenvalue weighted by Crippen LogP contribution is 2.23. The van der Waals surface area contributed by atoms with Gasteiger partial charge in [-0.3, -0.25) is 0 Å². The van der Waals surface area contributed by atoms with E-state index in [1.54, 1.807) is 43.3 Å². The second-order valence-corrected chi connectivity index (χ2v) is 6.33. The van der Waals surface area contributed by atoms with Crippen LogP contribution >= 0.6 is 23.2 Å². The fraction of sp³-hybridized carbons (Fsp3) is 0.0769. The molecule has 2 rings (SSSR count). The van der Waals surface area contributed by atoms with E-state index >= 15 is 0 Å². The van der Waals surface area contributed by atoms with Crippen LogP contribution in [-0.4, -0.2) is 8.42 Å². The van der Waals surface area contributed by atoms with E-state index in [4.69, 9.17) is 34.1 Å². The molecule has 0 spiro atoms. The lowest BCUT2D eigenvalue weighted by Gasteiger charge is -2.00. The minimum atomic E-state index is -3.53. The van der Waals surface area contributed by atoms with Crippen molar-refractivity contribution < 1.29 is 8.42 Å². The fourth-order valence-corrected chi connectivity index (χ4v) is 2.48. The average Bonchev–Trinajstić information content (AvgIpc) is 2.34. The summed E-state index contributed by atoms with van der Waals surface area (Å²) in [6.45, 7) is 1.71. The third-order valence-corrected chi connectivity index (χ3v) is 4.15. The maximum atomic E-state index is 10.8. The van der Waals surface area contributed by atoms with Crippen LogP contribution in [0.25, 0.3) is 0 Å². The Morgan fingerprint density at radius 3 is 2.00 bits per heavy atom. The number of primary sulfonamides is 1. The summed E-state index contributed by atoms with van der Waals surface area (Å²) in [6, 6.07) is 11.6. The number of halogens is 2. The molecule has 4 nitrogen and oxygen atoms in total. The largest absolute Gasteiger partial charge is 0.399 e. The first-order valence-corrected chi connectivity index (χ1v) is 7.81. The Hall–Kier alpha value is -1.27. The van der Waals surface area contributed by atoms with Crippen molar-refractivity contribution in [3.05, 3.63) is 58.1 Å². The maximum absolute atomic E-state index is 10.8. The molecule has 2 aromatic carbocycles. The van der Waals surface area contributed by atoms with Gasteiger partial charge in [0, 0.05) is 5.69 Å². The molecule has 2 aromatic rings. The molecule has 20 heavy (non-hydrogen) atoms. The summed E-state index contributed by atoms with van der Waals surface area (Å²) in [4.78, 5) is 0.194. The zero-order valence-electron chi connectivity index (χ0n) is 10.7. The van der Waals surface area contributed by atoms with Gasteiger partial charge in [0.05, 0.1) is 14.9 Å². The van der Waals surface area contributed by atoms with Crippen LogP contribution in [0.5, 0.6) is 0 Å². The standard InChI is InChI=1S/C7H9NO2S.C6H5Cl2N/c1-6-4-2-3-5-7(6)11(8,9)10;7-5-2-1-4(9)3-6(5)8/h2-5H,1H3,(H2,8,9,10);1-3H,9H2. The summed E-state index contributed by atoms with van der Waals surface area (Å²) in [5.41, 5.74) is 6.69. The van der Waals surface area contributed by atoms with Crippen molar-refractivity contribution in [1.82, 2.24) is 0 Å². The van der Waals surface area contributed by atoms with Crippen molar-refractivity contribution in [2.45, 2.75) is 11.8 Å². The van der Waals surface area contributed by atoms with Crippen molar-refractivity contribution in [3.8, 4) is 0 Å². The Kier molecular flexibility index (Phi) is 5.83. The van der Waals surface area contributed by atoms with Gasteiger partial charge in [0.25, 0.3) is 0 Å². The lowest BCUT2D eigenvalue weighted by atomic mass is 10.2. The third kappa shape index (κ3) is 5.02. The van der Waals surface area contributed by atoms with Crippen LogP contribution in [0.1, 0.15) is 5.56 Å². The van der Waals surface area contributed by atoms with Gasteiger partial charge in [0.1, 0.15) is 0 Å². The number of aryl methyl sites for hydroxylation is 1. The van der Waals surface area contributed by atoms with Crippen LogP contribution < -0.4 is 10.9 Å². The van der Waals surface area contributed by atoms with Gasteiger partial charge < -0.3 is 5.73 Å². The molecule has 0 aliphatic rings. The van der Waals surface area contributed by atoms with E-state index in [0.29, 0.717) is 21.3 Å². The molecule has 7 heteroatoms. The van der Waals surface area contributed by atoms with Gasteiger partial charge >= 0.3 is 0 Å². The van der Waals surface area contributed by atoms with E-state index in [9.17, 15) is 8.42 Å². The number of rotatable bonds is 1. The minimum absolute atomic E-state index is 0.194. The number of nitrogens with two attached hydrogens (primary N) is 2. The second kappa shape index (κ2) is 6.95. The quantitative estimate of drug-likeness (QED) is 0.786. The lowest BCUT2D eigenvalue weighted by molar-refractivity contribution is 0.597. The molecule has 0 fully saturated rings. The first-order valence-electron chi connectivity index (χ1n) is 5.51. The molecule has 0 aliphatic carbocycles. The number of anilines is 1. The molecular weight excluding hydrogens is 319 g/mol. The van der Waals surface area contributed by atoms with E-state index in [2.05, 4.69) is 0 Å². The van der Waals surface area contributed by atoms with Crippen LogP contribution in [0.4, 0.5) is 5.69 Å². The number of sulfonamides is 1. The summed E-state index contributed by atoms with van der Waals surface area (Å²) < 4.78 is 21.7. The first kappa shape index (κ1) is 16.8. The summed E-state index contributed by atoms with van der Waals surface area (Å²) in [5.74, 6) is 0. The highest BCUT2D eigenvalue weighted by Gasteiger charge is 2.08. The predicted molar refractivity (Wildman–Crippen MR) is 83.4 cm³/mol. The molecule has 0 aliphatic heterocycles. The molecule has 0 radical (unpaired) electrons. The highest BCUT2D eigenvalue weighted by molar-refractivity contribution is 7.89. The molecule has 0 aromatic heterocycles. The van der Waals surface area contributed by atoms with Crippen LogP contribution in [-0.2, 0) is 10.0 Å². The Morgan fingerprint density at radius 1 is 1.00 bits per heavy atom. The normalized spacial score (nSPS) is 10.6. The van der Waals surface area contributed by atoms with Crippen molar-refractivity contribution >= 4 is 38.9 Å². The SMILES string of the molecule is Cc1ccccc1S(N)(=O)=O.Nc1ccc(Cl)c(Cl)c1. The molecule has 0 saturated carbocycles. The van der Waals surface area contributed by atoms with Gasteiger partial charge in [0.15, 0.2) is 0 Å². The van der Waals surface area contributed by atoms with Crippen molar-refractivity contribution in [3.63, 3.8) is 0 Å². The Labute approximate surface area is 128 Å². The number of hydrogen-bond donors (Lipinski definition) is 2. The van der Waals surface area contributed by atoms with E-state index < -0.39 is 10.0 Å². The molecule has 4 N–H and O–H groups in total. The third-order valence-electron chi connectivity index (χ3n) is 2.34. The van der Waals surface area contributed by atoms with Gasteiger partial charge in [-0.2, -0.15) is 0 Å². The smallest absolute Gasteiger partial charge is 0.238 e. The number of hydrogen-bond acceptors (Lipinski definition) is 3. The summed E-state index contributed by atoms with van der Waals surface area (Å²) in [6.07, 6.45) is 0. The first-order chi connectivity index (χ1) is 9.21. The van der Waals surface area contributed by atoms with Crippen molar-refractivity contribution in [1.29, 1.82) is 0 Å². The predicted octanol–water partition coefficient (Wildman–Crippen LogP) is 3.22. The van der Waals surface area contributed by atoms with Gasteiger partial charge in [-0.1, -0.05) is 41.4 Å². The van der Waals surface area contributed by atoms with Crippen molar-refractivity contribution in [2.24, 2.45) is 5.14 Å². The zero-order valence-corrected chi connectivity index (χ0v) is 13.0. The summed E-state index contributed by atoms with van der Waals surface area (Å²) in [5, 5.41) is 5.96. The van der Waals surface area contributed by atoms with Gasteiger partial charge in [-0.05, 0) is 36.8 Å². The molecule has 0 unspecified atom stereocenters. The molecule has 0 bridgehead atoms. The van der Waals surface area contributed by atoms with E-state index in [1.165, 1.54) is 6.07 Å². The van der Waals surface area contributed by atoms with Crippen LogP contribution in [0.2, 0.25) is 10.0 Å². The van der Waals surface area contributed by atoms with Crippen LogP contribution in [0, 0.1) is 6.92 Å². The summed E-state index contributed by atoms with van der Waals surface area (Å²) in [7, 11) is -3.53. The Morgan fingerprint density at radius 2 is 1.60 bits per heavy atom. The highest BCUT2D eigenvalue weighted by atomic mass is 35.5. The van der Waals surface area contributed by atoms with Gasteiger partial charge in [-0.25, -0.2) is 13.6 Å².